The first kappa shape index (κ1) is 18.8. The van der Waals surface area contributed by atoms with E-state index in [-0.39, 0.29) is 5.91 Å². The van der Waals surface area contributed by atoms with Gasteiger partial charge >= 0.3 is 0 Å². The Bertz CT molecular complexity index is 1140. The van der Waals surface area contributed by atoms with Crippen molar-refractivity contribution in [3.63, 3.8) is 0 Å². The van der Waals surface area contributed by atoms with Gasteiger partial charge in [-0.2, -0.15) is 0 Å². The highest BCUT2D eigenvalue weighted by Gasteiger charge is 2.31. The van der Waals surface area contributed by atoms with Crippen LogP contribution in [0.15, 0.2) is 64.6 Å². The minimum atomic E-state index is 0.00823. The van der Waals surface area contributed by atoms with E-state index in [4.69, 9.17) is 14.4 Å². The molecule has 0 aliphatic heterocycles. The number of benzene rings is 1. The normalized spacial score (nSPS) is 13.5. The maximum Gasteiger partial charge on any atom is 0.222 e. The molecular weight excluding hydrogens is 396 g/mol. The lowest BCUT2D eigenvalue weighted by Gasteiger charge is -2.25. The molecule has 3 aromatic heterocycles. The zero-order valence-corrected chi connectivity index (χ0v) is 17.3. The largest absolute Gasteiger partial charge is 0.467 e. The smallest absolute Gasteiger partial charge is 0.222 e. The Labute approximate surface area is 178 Å². The van der Waals surface area contributed by atoms with Crippen LogP contribution >= 0.6 is 11.3 Å². The third-order valence-electron chi connectivity index (χ3n) is 5.20. The SMILES string of the molecule is O=C(CCN(c1nc(-c2cccs2)nc2ccccc12)C1CC1)NCc1ccco1. The molecule has 0 spiro atoms. The van der Waals surface area contributed by atoms with Gasteiger partial charge in [0.05, 0.1) is 23.2 Å². The second kappa shape index (κ2) is 8.28. The van der Waals surface area contributed by atoms with E-state index < -0.39 is 0 Å². The number of carbonyl (C=O) groups excluding carboxylic acids is 1. The van der Waals surface area contributed by atoms with Crippen molar-refractivity contribution in [1.82, 2.24) is 15.3 Å². The number of thiophene rings is 1. The van der Waals surface area contributed by atoms with E-state index in [9.17, 15) is 4.79 Å². The zero-order chi connectivity index (χ0) is 20.3. The molecule has 30 heavy (non-hydrogen) atoms. The van der Waals surface area contributed by atoms with Gasteiger partial charge in [0.2, 0.25) is 5.91 Å². The van der Waals surface area contributed by atoms with Crippen LogP contribution < -0.4 is 10.2 Å². The van der Waals surface area contributed by atoms with Crippen LogP contribution in [0.2, 0.25) is 0 Å². The number of hydrogen-bond donors (Lipinski definition) is 1. The summed E-state index contributed by atoms with van der Waals surface area (Å²) >= 11 is 1.64. The molecule has 1 aromatic carbocycles. The molecule has 6 nitrogen and oxygen atoms in total. The van der Waals surface area contributed by atoms with E-state index >= 15 is 0 Å². The van der Waals surface area contributed by atoms with Gasteiger partial charge in [0.15, 0.2) is 5.82 Å². The summed E-state index contributed by atoms with van der Waals surface area (Å²) in [7, 11) is 0. The lowest BCUT2D eigenvalue weighted by atomic mass is 10.2. The standard InChI is InChI=1S/C23H22N4O2S/c28-21(24-15-17-5-3-13-29-17)11-12-27(16-9-10-16)23-18-6-1-2-7-19(18)25-22(26-23)20-8-4-14-30-20/h1-8,13-14,16H,9-12,15H2,(H,24,28). The molecule has 0 bridgehead atoms. The second-order valence-corrected chi connectivity index (χ2v) is 8.34. The van der Waals surface area contributed by atoms with E-state index in [0.29, 0.717) is 25.6 Å². The Balaban J connectivity index is 1.39. The summed E-state index contributed by atoms with van der Waals surface area (Å²) in [5.41, 5.74) is 0.929. The molecule has 1 amide bonds. The van der Waals surface area contributed by atoms with E-state index in [1.807, 2.05) is 47.8 Å². The van der Waals surface area contributed by atoms with Gasteiger partial charge in [0.25, 0.3) is 0 Å². The van der Waals surface area contributed by atoms with Crippen LogP contribution in [-0.4, -0.2) is 28.5 Å². The number of para-hydroxylation sites is 1. The summed E-state index contributed by atoms with van der Waals surface area (Å²) in [4.78, 5) is 25.5. The van der Waals surface area contributed by atoms with Crippen LogP contribution in [0, 0.1) is 0 Å². The van der Waals surface area contributed by atoms with Crippen molar-refractivity contribution in [3.8, 4) is 10.7 Å². The monoisotopic (exact) mass is 418 g/mol. The summed E-state index contributed by atoms with van der Waals surface area (Å²) in [5, 5.41) is 6.00. The molecule has 152 valence electrons. The maximum absolute atomic E-state index is 12.4. The highest BCUT2D eigenvalue weighted by molar-refractivity contribution is 7.13. The number of amides is 1. The van der Waals surface area contributed by atoms with Crippen molar-refractivity contribution < 1.29 is 9.21 Å². The van der Waals surface area contributed by atoms with Crippen molar-refractivity contribution in [3.05, 3.63) is 65.9 Å². The number of nitrogens with zero attached hydrogens (tertiary/aromatic N) is 3. The van der Waals surface area contributed by atoms with Crippen LogP contribution in [-0.2, 0) is 11.3 Å². The number of rotatable bonds is 8. The molecule has 1 fully saturated rings. The second-order valence-electron chi connectivity index (χ2n) is 7.40. The van der Waals surface area contributed by atoms with Crippen LogP contribution in [0.5, 0.6) is 0 Å². The van der Waals surface area contributed by atoms with Crippen molar-refractivity contribution in [1.29, 1.82) is 0 Å². The predicted molar refractivity (Wildman–Crippen MR) is 118 cm³/mol. The fourth-order valence-corrected chi connectivity index (χ4v) is 4.21. The Hall–Kier alpha value is -3.19. The van der Waals surface area contributed by atoms with Crippen LogP contribution in [0.1, 0.15) is 25.0 Å². The third kappa shape index (κ3) is 4.07. The molecule has 3 heterocycles. The van der Waals surface area contributed by atoms with Gasteiger partial charge in [-0.3, -0.25) is 4.79 Å². The zero-order valence-electron chi connectivity index (χ0n) is 16.5. The van der Waals surface area contributed by atoms with Crippen LogP contribution in [0.4, 0.5) is 5.82 Å². The highest BCUT2D eigenvalue weighted by Crippen LogP contribution is 2.36. The number of nitrogens with one attached hydrogen (secondary N) is 1. The molecule has 1 aliphatic rings. The molecule has 0 unspecified atom stereocenters. The lowest BCUT2D eigenvalue weighted by Crippen LogP contribution is -2.33. The van der Waals surface area contributed by atoms with Crippen molar-refractivity contribution in [2.75, 3.05) is 11.4 Å². The third-order valence-corrected chi connectivity index (χ3v) is 6.07. The minimum absolute atomic E-state index is 0.00823. The minimum Gasteiger partial charge on any atom is -0.467 e. The average Bonchev–Trinajstić information content (AvgIpc) is 3.23. The Kier molecular flexibility index (Phi) is 5.19. The summed E-state index contributed by atoms with van der Waals surface area (Å²) in [6, 6.07) is 16.3. The topological polar surface area (TPSA) is 71.3 Å². The maximum atomic E-state index is 12.4. The van der Waals surface area contributed by atoms with Crippen LogP contribution in [0.25, 0.3) is 21.6 Å². The molecule has 0 radical (unpaired) electrons. The van der Waals surface area contributed by atoms with Gasteiger partial charge in [-0.25, -0.2) is 9.97 Å². The first-order valence-corrected chi connectivity index (χ1v) is 11.0. The number of furan rings is 1. The van der Waals surface area contributed by atoms with E-state index in [1.165, 1.54) is 0 Å². The summed E-state index contributed by atoms with van der Waals surface area (Å²) in [5.74, 6) is 2.43. The van der Waals surface area contributed by atoms with E-state index in [1.54, 1.807) is 17.6 Å². The Morgan fingerprint density at radius 3 is 2.80 bits per heavy atom. The fourth-order valence-electron chi connectivity index (χ4n) is 3.55. The molecule has 1 aliphatic carbocycles. The van der Waals surface area contributed by atoms with Gasteiger partial charge < -0.3 is 14.6 Å². The predicted octanol–water partition coefficient (Wildman–Crippen LogP) is 4.63. The van der Waals surface area contributed by atoms with Gasteiger partial charge in [0.1, 0.15) is 11.6 Å². The van der Waals surface area contributed by atoms with Gasteiger partial charge in [-0.1, -0.05) is 18.2 Å². The molecule has 0 atom stereocenters. The van der Waals surface area contributed by atoms with Gasteiger partial charge in [-0.05, 0) is 48.6 Å². The number of anilines is 1. The molecule has 4 aromatic rings. The van der Waals surface area contributed by atoms with Crippen molar-refractivity contribution in [2.45, 2.75) is 31.8 Å². The number of fused-ring (bicyclic) bond motifs is 1. The summed E-state index contributed by atoms with van der Waals surface area (Å²) < 4.78 is 5.28. The molecule has 5 rings (SSSR count). The molecule has 1 saturated carbocycles. The first-order valence-electron chi connectivity index (χ1n) is 10.1. The first-order chi connectivity index (χ1) is 14.8. The number of hydrogen-bond acceptors (Lipinski definition) is 6. The van der Waals surface area contributed by atoms with Gasteiger partial charge in [0, 0.05) is 24.4 Å². The van der Waals surface area contributed by atoms with Crippen LogP contribution in [0.3, 0.4) is 0 Å². The number of carbonyl (C=O) groups is 1. The summed E-state index contributed by atoms with van der Waals surface area (Å²) in [6.07, 6.45) is 4.27. The molecule has 1 N–H and O–H groups in total. The van der Waals surface area contributed by atoms with E-state index in [0.717, 1.165) is 46.0 Å². The quantitative estimate of drug-likeness (QED) is 0.452. The van der Waals surface area contributed by atoms with E-state index in [2.05, 4.69) is 16.3 Å². The Morgan fingerprint density at radius 2 is 2.03 bits per heavy atom. The number of aromatic nitrogens is 2. The molecule has 0 saturated heterocycles. The van der Waals surface area contributed by atoms with Crippen molar-refractivity contribution >= 4 is 34.0 Å². The van der Waals surface area contributed by atoms with Gasteiger partial charge in [-0.15, -0.1) is 11.3 Å². The average molecular weight is 419 g/mol. The summed E-state index contributed by atoms with van der Waals surface area (Å²) in [6.45, 7) is 1.04. The lowest BCUT2D eigenvalue weighted by molar-refractivity contribution is -0.121. The molecular formula is C23H22N4O2S. The highest BCUT2D eigenvalue weighted by atomic mass is 32.1. The van der Waals surface area contributed by atoms with Crippen molar-refractivity contribution in [2.24, 2.45) is 0 Å². The Morgan fingerprint density at radius 1 is 1.13 bits per heavy atom. The molecule has 7 heteroatoms. The fraction of sp³-hybridized carbons (Fsp3) is 0.261.